The number of hydrogen-bond donors (Lipinski definition) is 3. The Morgan fingerprint density at radius 2 is 2.33 bits per heavy atom. The van der Waals surface area contributed by atoms with Crippen LogP contribution in [0.5, 0.6) is 0 Å². The number of carbonyl (C=O) groups excluding carboxylic acids is 2. The molecule has 15 heavy (non-hydrogen) atoms. The summed E-state index contributed by atoms with van der Waals surface area (Å²) in [6, 6.07) is 1.64. The van der Waals surface area contributed by atoms with Crippen molar-refractivity contribution in [3.63, 3.8) is 0 Å². The van der Waals surface area contributed by atoms with Gasteiger partial charge in [0.25, 0.3) is 5.91 Å². The van der Waals surface area contributed by atoms with Gasteiger partial charge in [0.05, 0.1) is 6.54 Å². The van der Waals surface area contributed by atoms with Gasteiger partial charge in [0.1, 0.15) is 12.3 Å². The number of amides is 2. The smallest absolute Gasteiger partial charge is 0.404 e. The molecule has 0 fully saturated rings. The van der Waals surface area contributed by atoms with Gasteiger partial charge in [-0.2, -0.15) is 0 Å². The third kappa shape index (κ3) is 4.03. The number of carbonyl (C=O) groups is 2. The third-order valence-corrected chi connectivity index (χ3v) is 1.98. The second kappa shape index (κ2) is 5.40. The van der Waals surface area contributed by atoms with Gasteiger partial charge in [-0.1, -0.05) is 0 Å². The molecule has 1 heterocycles. The van der Waals surface area contributed by atoms with Crippen LogP contribution in [0, 0.1) is 0 Å². The number of aromatic amines is 1. The molecule has 1 aromatic rings. The maximum absolute atomic E-state index is 11.4. The van der Waals surface area contributed by atoms with E-state index in [9.17, 15) is 9.59 Å². The van der Waals surface area contributed by atoms with E-state index in [4.69, 9.17) is 5.73 Å². The van der Waals surface area contributed by atoms with Gasteiger partial charge in [-0.15, -0.1) is 0 Å². The van der Waals surface area contributed by atoms with Gasteiger partial charge >= 0.3 is 6.09 Å². The molecule has 0 aromatic carbocycles. The molecule has 0 aliphatic rings. The lowest BCUT2D eigenvalue weighted by atomic mass is 10.4. The minimum atomic E-state index is -0.855. The number of H-pyrrole nitrogens is 1. The number of halogens is 1. The van der Waals surface area contributed by atoms with Crippen LogP contribution in [0.3, 0.4) is 0 Å². The van der Waals surface area contributed by atoms with Crippen LogP contribution in [-0.2, 0) is 4.74 Å². The Balaban J connectivity index is 2.28. The van der Waals surface area contributed by atoms with E-state index in [0.29, 0.717) is 5.69 Å². The summed E-state index contributed by atoms with van der Waals surface area (Å²) >= 11 is 3.20. The maximum atomic E-state index is 11.4. The predicted octanol–water partition coefficient (Wildman–Crippen LogP) is 0.602. The molecule has 0 saturated heterocycles. The van der Waals surface area contributed by atoms with E-state index >= 15 is 0 Å². The molecular weight excluding hydrogens is 266 g/mol. The van der Waals surface area contributed by atoms with Crippen molar-refractivity contribution in [3.8, 4) is 0 Å². The minimum absolute atomic E-state index is 0.0585. The van der Waals surface area contributed by atoms with Crippen molar-refractivity contribution in [3.05, 3.63) is 22.4 Å². The van der Waals surface area contributed by atoms with Crippen LogP contribution in [0.4, 0.5) is 4.79 Å². The lowest BCUT2D eigenvalue weighted by Gasteiger charge is -2.03. The lowest BCUT2D eigenvalue weighted by Crippen LogP contribution is -2.29. The maximum Gasteiger partial charge on any atom is 0.404 e. The lowest BCUT2D eigenvalue weighted by molar-refractivity contribution is 0.0932. The number of nitrogens with two attached hydrogens (primary N) is 1. The van der Waals surface area contributed by atoms with Crippen molar-refractivity contribution in [1.29, 1.82) is 0 Å². The summed E-state index contributed by atoms with van der Waals surface area (Å²) in [5.41, 5.74) is 5.17. The van der Waals surface area contributed by atoms with Crippen LogP contribution < -0.4 is 11.1 Å². The zero-order chi connectivity index (χ0) is 11.3. The van der Waals surface area contributed by atoms with E-state index in [0.717, 1.165) is 4.47 Å². The first-order valence-electron chi connectivity index (χ1n) is 4.14. The van der Waals surface area contributed by atoms with Crippen LogP contribution in [0.25, 0.3) is 0 Å². The summed E-state index contributed by atoms with van der Waals surface area (Å²) < 4.78 is 5.23. The van der Waals surface area contributed by atoms with E-state index in [1.54, 1.807) is 12.3 Å². The van der Waals surface area contributed by atoms with Crippen molar-refractivity contribution in [2.45, 2.75) is 0 Å². The van der Waals surface area contributed by atoms with Crippen LogP contribution in [0.1, 0.15) is 10.5 Å². The van der Waals surface area contributed by atoms with Gasteiger partial charge in [0.2, 0.25) is 0 Å². The van der Waals surface area contributed by atoms with Crippen molar-refractivity contribution in [1.82, 2.24) is 10.3 Å². The molecule has 0 radical (unpaired) electrons. The normalized spacial score (nSPS) is 9.67. The predicted molar refractivity (Wildman–Crippen MR) is 56.4 cm³/mol. The number of rotatable bonds is 4. The molecule has 6 nitrogen and oxygen atoms in total. The number of nitrogens with one attached hydrogen (secondary N) is 2. The number of aromatic nitrogens is 1. The topological polar surface area (TPSA) is 97.2 Å². The Morgan fingerprint density at radius 1 is 1.60 bits per heavy atom. The molecule has 0 aliphatic carbocycles. The summed E-state index contributed by atoms with van der Waals surface area (Å²) in [6.45, 7) is 0.279. The summed E-state index contributed by atoms with van der Waals surface area (Å²) in [5.74, 6) is -0.270. The highest BCUT2D eigenvalue weighted by Crippen LogP contribution is 2.09. The fourth-order valence-electron chi connectivity index (χ4n) is 0.910. The second-order valence-corrected chi connectivity index (χ2v) is 3.57. The Hall–Kier alpha value is -1.50. The Morgan fingerprint density at radius 3 is 2.87 bits per heavy atom. The van der Waals surface area contributed by atoms with Gasteiger partial charge in [-0.25, -0.2) is 4.79 Å². The van der Waals surface area contributed by atoms with Gasteiger partial charge in [-0.3, -0.25) is 4.79 Å². The van der Waals surface area contributed by atoms with E-state index < -0.39 is 6.09 Å². The zero-order valence-electron chi connectivity index (χ0n) is 7.75. The molecule has 0 spiro atoms. The molecule has 1 rings (SSSR count). The first kappa shape index (κ1) is 11.6. The molecule has 2 amide bonds. The molecule has 4 N–H and O–H groups in total. The van der Waals surface area contributed by atoms with E-state index in [1.807, 2.05) is 0 Å². The third-order valence-electron chi connectivity index (χ3n) is 1.52. The van der Waals surface area contributed by atoms with Crippen molar-refractivity contribution >= 4 is 27.9 Å². The van der Waals surface area contributed by atoms with Crippen molar-refractivity contribution in [2.75, 3.05) is 13.2 Å². The fraction of sp³-hybridized carbons (Fsp3) is 0.250. The van der Waals surface area contributed by atoms with E-state index in [2.05, 4.69) is 31.0 Å². The molecule has 0 unspecified atom stereocenters. The summed E-state index contributed by atoms with van der Waals surface area (Å²) in [4.78, 5) is 24.3. The number of primary amides is 1. The van der Waals surface area contributed by atoms with Crippen LogP contribution in [0.15, 0.2) is 16.7 Å². The van der Waals surface area contributed by atoms with Crippen molar-refractivity contribution in [2.24, 2.45) is 5.73 Å². The fourth-order valence-corrected chi connectivity index (χ4v) is 1.25. The molecule has 0 saturated carbocycles. The Labute approximate surface area is 94.3 Å². The molecular formula is C8H10BrN3O3. The largest absolute Gasteiger partial charge is 0.448 e. The molecule has 7 heteroatoms. The van der Waals surface area contributed by atoms with E-state index in [-0.39, 0.29) is 19.1 Å². The first-order chi connectivity index (χ1) is 7.09. The first-order valence-corrected chi connectivity index (χ1v) is 4.93. The Bertz CT molecular complexity index is 364. The van der Waals surface area contributed by atoms with Crippen molar-refractivity contribution < 1.29 is 14.3 Å². The summed E-state index contributed by atoms with van der Waals surface area (Å²) in [5, 5.41) is 2.54. The monoisotopic (exact) mass is 275 g/mol. The highest BCUT2D eigenvalue weighted by atomic mass is 79.9. The molecule has 82 valence electrons. The van der Waals surface area contributed by atoms with Gasteiger partial charge < -0.3 is 20.8 Å². The van der Waals surface area contributed by atoms with Crippen LogP contribution in [0.2, 0.25) is 0 Å². The van der Waals surface area contributed by atoms with Gasteiger partial charge in [-0.05, 0) is 22.0 Å². The molecule has 0 aliphatic heterocycles. The molecule has 1 aromatic heterocycles. The second-order valence-electron chi connectivity index (χ2n) is 2.65. The molecule has 0 atom stereocenters. The minimum Gasteiger partial charge on any atom is -0.448 e. The highest BCUT2D eigenvalue weighted by Gasteiger charge is 2.06. The summed E-state index contributed by atoms with van der Waals surface area (Å²) in [7, 11) is 0. The average molecular weight is 276 g/mol. The van der Waals surface area contributed by atoms with Gasteiger partial charge in [0, 0.05) is 10.7 Å². The quantitative estimate of drug-likeness (QED) is 0.702. The Kier molecular flexibility index (Phi) is 4.17. The van der Waals surface area contributed by atoms with E-state index in [1.165, 1.54) is 0 Å². The number of hydrogen-bond acceptors (Lipinski definition) is 3. The highest BCUT2D eigenvalue weighted by molar-refractivity contribution is 9.10. The standard InChI is InChI=1S/C8H10BrN3O3/c9-5-3-6(12-4-5)7(13)11-1-2-15-8(10)14/h3-4,12H,1-2H2,(H2,10,14)(H,11,13). The zero-order valence-corrected chi connectivity index (χ0v) is 9.33. The van der Waals surface area contributed by atoms with Crippen LogP contribution in [-0.4, -0.2) is 30.1 Å². The average Bonchev–Trinajstić information content (AvgIpc) is 2.59. The summed E-state index contributed by atoms with van der Waals surface area (Å²) in [6.07, 6.45) is 0.793. The SMILES string of the molecule is NC(=O)OCCNC(=O)c1cc(Br)c[nH]1. The van der Waals surface area contributed by atoms with Gasteiger partial charge in [0.15, 0.2) is 0 Å². The molecule has 0 bridgehead atoms. The number of ether oxygens (including phenoxy) is 1. The van der Waals surface area contributed by atoms with Crippen LogP contribution >= 0.6 is 15.9 Å².